The second-order valence-corrected chi connectivity index (χ2v) is 5.38. The number of nitrogens with one attached hydrogen (secondary N) is 1. The Bertz CT molecular complexity index is 849. The first-order chi connectivity index (χ1) is 12.7. The number of allylic oxidation sites excluding steroid dienone is 3. The largest absolute Gasteiger partial charge is 0.493 e. The summed E-state index contributed by atoms with van der Waals surface area (Å²) in [5.74, 6) is 1.03. The molecule has 0 saturated carbocycles. The Morgan fingerprint density at radius 3 is 2.50 bits per heavy atom. The van der Waals surface area contributed by atoms with Gasteiger partial charge < -0.3 is 14.8 Å². The summed E-state index contributed by atoms with van der Waals surface area (Å²) in [5.41, 5.74) is 1.96. The third-order valence-corrected chi connectivity index (χ3v) is 3.56. The van der Waals surface area contributed by atoms with Crippen molar-refractivity contribution in [2.45, 2.75) is 6.42 Å². The molecule has 0 aliphatic carbocycles. The molecule has 0 bridgehead atoms. The third kappa shape index (κ3) is 5.53. The van der Waals surface area contributed by atoms with Crippen LogP contribution in [-0.2, 0) is 11.2 Å². The Hall–Kier alpha value is -3.52. The average molecular weight is 348 g/mol. The Balaban J connectivity index is 2.01. The van der Waals surface area contributed by atoms with E-state index in [1.807, 2.05) is 54.6 Å². The van der Waals surface area contributed by atoms with Gasteiger partial charge in [0, 0.05) is 0 Å². The highest BCUT2D eigenvalue weighted by Gasteiger charge is 2.05. The predicted octanol–water partition coefficient (Wildman–Crippen LogP) is 3.48. The number of hydrogen-bond donors (Lipinski definition) is 1. The van der Waals surface area contributed by atoms with Crippen LogP contribution >= 0.6 is 0 Å². The maximum absolute atomic E-state index is 12.0. The van der Waals surface area contributed by atoms with E-state index in [1.165, 1.54) is 0 Å². The number of hydrogen-bond acceptors (Lipinski definition) is 4. The topological polar surface area (TPSA) is 71.3 Å². The minimum Gasteiger partial charge on any atom is -0.493 e. The number of carbonyl (C=O) groups is 1. The molecule has 5 heteroatoms. The van der Waals surface area contributed by atoms with Crippen LogP contribution in [0.5, 0.6) is 11.5 Å². The molecule has 0 radical (unpaired) electrons. The number of nitriles is 1. The summed E-state index contributed by atoms with van der Waals surface area (Å²) in [7, 11) is 3.15. The quantitative estimate of drug-likeness (QED) is 0.614. The van der Waals surface area contributed by atoms with Gasteiger partial charge in [0.1, 0.15) is 11.8 Å². The molecule has 1 N–H and O–H groups in total. The molecule has 0 heterocycles. The molecule has 0 spiro atoms. The summed E-state index contributed by atoms with van der Waals surface area (Å²) in [6.07, 6.45) is 5.28. The van der Waals surface area contributed by atoms with Gasteiger partial charge in [-0.2, -0.15) is 5.26 Å². The Labute approximate surface area is 153 Å². The van der Waals surface area contributed by atoms with Crippen LogP contribution in [-0.4, -0.2) is 20.1 Å². The molecule has 2 aromatic rings. The fourth-order valence-electron chi connectivity index (χ4n) is 2.29. The number of rotatable bonds is 7. The van der Waals surface area contributed by atoms with Crippen LogP contribution in [0.25, 0.3) is 6.08 Å². The molecule has 0 aromatic heterocycles. The van der Waals surface area contributed by atoms with Gasteiger partial charge in [0.2, 0.25) is 5.91 Å². The van der Waals surface area contributed by atoms with Gasteiger partial charge in [-0.3, -0.25) is 4.79 Å². The molecular weight excluding hydrogens is 328 g/mol. The van der Waals surface area contributed by atoms with Crippen LogP contribution < -0.4 is 14.8 Å². The molecule has 5 nitrogen and oxygen atoms in total. The lowest BCUT2D eigenvalue weighted by Crippen LogP contribution is -2.23. The van der Waals surface area contributed by atoms with Crippen molar-refractivity contribution in [1.82, 2.24) is 5.32 Å². The first-order valence-electron chi connectivity index (χ1n) is 8.00. The highest BCUT2D eigenvalue weighted by Crippen LogP contribution is 2.27. The number of amides is 1. The van der Waals surface area contributed by atoms with E-state index in [0.29, 0.717) is 11.5 Å². The van der Waals surface area contributed by atoms with Crippen molar-refractivity contribution < 1.29 is 14.3 Å². The van der Waals surface area contributed by atoms with Gasteiger partial charge in [0.15, 0.2) is 11.5 Å². The lowest BCUT2D eigenvalue weighted by molar-refractivity contribution is -0.119. The summed E-state index contributed by atoms with van der Waals surface area (Å²) >= 11 is 0. The third-order valence-electron chi connectivity index (χ3n) is 3.56. The van der Waals surface area contributed by atoms with Crippen LogP contribution in [0.3, 0.4) is 0 Å². The zero-order chi connectivity index (χ0) is 18.8. The van der Waals surface area contributed by atoms with Crippen molar-refractivity contribution in [3.8, 4) is 17.6 Å². The summed E-state index contributed by atoms with van der Waals surface area (Å²) < 4.78 is 10.4. The van der Waals surface area contributed by atoms with E-state index >= 15 is 0 Å². The van der Waals surface area contributed by atoms with Crippen LogP contribution in [0, 0.1) is 11.3 Å². The van der Waals surface area contributed by atoms with Gasteiger partial charge in [-0.15, -0.1) is 0 Å². The smallest absolute Gasteiger partial charge is 0.229 e. The number of methoxy groups -OCH3 is 2. The average Bonchev–Trinajstić information content (AvgIpc) is 2.67. The molecule has 1 amide bonds. The van der Waals surface area contributed by atoms with Crippen molar-refractivity contribution in [2.75, 3.05) is 14.2 Å². The minimum absolute atomic E-state index is 0.183. The van der Waals surface area contributed by atoms with Gasteiger partial charge in [-0.05, 0) is 29.3 Å². The monoisotopic (exact) mass is 348 g/mol. The lowest BCUT2D eigenvalue weighted by Gasteiger charge is -2.07. The Morgan fingerprint density at radius 2 is 1.85 bits per heavy atom. The van der Waals surface area contributed by atoms with Crippen molar-refractivity contribution >= 4 is 12.0 Å². The molecule has 2 rings (SSSR count). The molecule has 0 aliphatic rings. The van der Waals surface area contributed by atoms with E-state index < -0.39 is 0 Å². The van der Waals surface area contributed by atoms with Gasteiger partial charge in [0.05, 0.1) is 20.6 Å². The predicted molar refractivity (Wildman–Crippen MR) is 101 cm³/mol. The zero-order valence-electron chi connectivity index (χ0n) is 14.7. The van der Waals surface area contributed by atoms with Gasteiger partial charge in [-0.25, -0.2) is 0 Å². The summed E-state index contributed by atoms with van der Waals surface area (Å²) in [6.45, 7) is 0. The second-order valence-electron chi connectivity index (χ2n) is 5.38. The molecule has 0 aliphatic heterocycles. The summed E-state index contributed by atoms with van der Waals surface area (Å²) in [4.78, 5) is 12.0. The molecule has 26 heavy (non-hydrogen) atoms. The van der Waals surface area contributed by atoms with E-state index in [4.69, 9.17) is 9.47 Å². The molecule has 0 saturated heterocycles. The van der Waals surface area contributed by atoms with Crippen molar-refractivity contribution in [1.29, 1.82) is 5.26 Å². The molecule has 0 atom stereocenters. The number of benzene rings is 2. The van der Waals surface area contributed by atoms with Crippen LogP contribution in [0.4, 0.5) is 0 Å². The molecular formula is C21H20N2O3. The van der Waals surface area contributed by atoms with E-state index in [9.17, 15) is 10.1 Å². The fraction of sp³-hybridized carbons (Fsp3) is 0.143. The minimum atomic E-state index is -0.233. The molecule has 132 valence electrons. The normalized spacial score (nSPS) is 11.0. The Kier molecular flexibility index (Phi) is 7.02. The SMILES string of the molecule is COc1ccc(C=CC=C(C#N)NC(=O)Cc2ccccc2)cc1OC. The highest BCUT2D eigenvalue weighted by atomic mass is 16.5. The molecule has 2 aromatic carbocycles. The maximum Gasteiger partial charge on any atom is 0.229 e. The first kappa shape index (κ1) is 18.8. The van der Waals surface area contributed by atoms with Crippen molar-refractivity contribution in [3.63, 3.8) is 0 Å². The summed E-state index contributed by atoms with van der Waals surface area (Å²) in [5, 5.41) is 11.8. The second kappa shape index (κ2) is 9.70. The zero-order valence-corrected chi connectivity index (χ0v) is 14.7. The number of ether oxygens (including phenoxy) is 2. The van der Waals surface area contributed by atoms with Crippen LogP contribution in [0.2, 0.25) is 0 Å². The van der Waals surface area contributed by atoms with Crippen molar-refractivity contribution in [3.05, 3.63) is 77.5 Å². The maximum atomic E-state index is 12.0. The number of carbonyl (C=O) groups excluding carboxylic acids is 1. The fourth-order valence-corrected chi connectivity index (χ4v) is 2.29. The van der Waals surface area contributed by atoms with E-state index in [2.05, 4.69) is 5.32 Å². The van der Waals surface area contributed by atoms with Crippen LogP contribution in [0.15, 0.2) is 66.4 Å². The molecule has 0 fully saturated rings. The number of nitrogens with zero attached hydrogens (tertiary/aromatic N) is 1. The van der Waals surface area contributed by atoms with Gasteiger partial charge in [0.25, 0.3) is 0 Å². The van der Waals surface area contributed by atoms with E-state index in [0.717, 1.165) is 11.1 Å². The van der Waals surface area contributed by atoms with Crippen molar-refractivity contribution in [2.24, 2.45) is 0 Å². The standard InChI is InChI=1S/C21H20N2O3/c1-25-19-12-11-17(13-20(19)26-2)9-6-10-18(15-22)23-21(24)14-16-7-4-3-5-8-16/h3-13H,14H2,1-2H3,(H,23,24). The van der Waals surface area contributed by atoms with Crippen LogP contribution in [0.1, 0.15) is 11.1 Å². The highest BCUT2D eigenvalue weighted by molar-refractivity contribution is 5.81. The lowest BCUT2D eigenvalue weighted by atomic mass is 10.1. The van der Waals surface area contributed by atoms with Gasteiger partial charge >= 0.3 is 0 Å². The van der Waals surface area contributed by atoms with Gasteiger partial charge in [-0.1, -0.05) is 48.6 Å². The summed E-state index contributed by atoms with van der Waals surface area (Å²) in [6, 6.07) is 16.8. The Morgan fingerprint density at radius 1 is 1.12 bits per heavy atom. The van der Waals surface area contributed by atoms with E-state index in [1.54, 1.807) is 32.4 Å². The molecule has 0 unspecified atom stereocenters. The first-order valence-corrected chi connectivity index (χ1v) is 8.00. The van der Waals surface area contributed by atoms with E-state index in [-0.39, 0.29) is 18.0 Å².